The topological polar surface area (TPSA) is 88.8 Å². The molecule has 2 aromatic heterocycles. The van der Waals surface area contributed by atoms with Gasteiger partial charge < -0.3 is 15.2 Å². The second kappa shape index (κ2) is 8.53. The number of hydrogen-bond donors (Lipinski definition) is 2. The molecule has 0 saturated heterocycles. The zero-order valence-corrected chi connectivity index (χ0v) is 15.6. The van der Waals surface area contributed by atoms with E-state index in [0.717, 1.165) is 11.3 Å². The van der Waals surface area contributed by atoms with E-state index >= 15 is 0 Å². The molecule has 0 unspecified atom stereocenters. The molecule has 146 valence electrons. The number of aromatic nitrogens is 3. The van der Waals surface area contributed by atoms with Gasteiger partial charge in [-0.05, 0) is 18.2 Å². The van der Waals surface area contributed by atoms with Crippen molar-refractivity contribution in [3.63, 3.8) is 0 Å². The van der Waals surface area contributed by atoms with Crippen molar-refractivity contribution < 1.29 is 14.6 Å². The fourth-order valence-corrected chi connectivity index (χ4v) is 2.95. The van der Waals surface area contributed by atoms with Crippen LogP contribution in [0.2, 0.25) is 0 Å². The van der Waals surface area contributed by atoms with Gasteiger partial charge in [-0.1, -0.05) is 48.5 Å². The quantitative estimate of drug-likeness (QED) is 0.508. The molecule has 1 atom stereocenters. The Morgan fingerprint density at radius 1 is 1.07 bits per heavy atom. The summed E-state index contributed by atoms with van der Waals surface area (Å²) in [6, 6.07) is 20.8. The molecule has 0 aliphatic heterocycles. The Bertz CT molecular complexity index is 1100. The third-order valence-electron chi connectivity index (χ3n) is 4.40. The van der Waals surface area contributed by atoms with Crippen molar-refractivity contribution in [1.29, 1.82) is 0 Å². The number of hydrogen-bond acceptors (Lipinski definition) is 5. The van der Waals surface area contributed by atoms with Crippen molar-refractivity contribution in [1.82, 2.24) is 19.9 Å². The summed E-state index contributed by atoms with van der Waals surface area (Å²) >= 11 is 0. The maximum absolute atomic E-state index is 12.6. The largest absolute Gasteiger partial charge is 0.491 e. The summed E-state index contributed by atoms with van der Waals surface area (Å²) in [4.78, 5) is 16.9. The lowest BCUT2D eigenvalue weighted by Crippen LogP contribution is -2.35. The first-order valence-corrected chi connectivity index (χ1v) is 9.24. The molecule has 1 amide bonds. The van der Waals surface area contributed by atoms with Gasteiger partial charge >= 0.3 is 0 Å². The molecular weight excluding hydrogens is 368 g/mol. The van der Waals surface area contributed by atoms with Crippen LogP contribution in [-0.2, 0) is 0 Å². The highest BCUT2D eigenvalue weighted by Crippen LogP contribution is 2.20. The lowest BCUT2D eigenvalue weighted by Gasteiger charge is -2.13. The Labute approximate surface area is 167 Å². The van der Waals surface area contributed by atoms with Crippen LogP contribution >= 0.6 is 0 Å². The number of fused-ring (bicyclic) bond motifs is 1. The number of carbonyl (C=O) groups excluding carboxylic acids is 1. The number of rotatable bonds is 7. The average Bonchev–Trinajstić information content (AvgIpc) is 3.22. The first-order chi connectivity index (χ1) is 14.2. The van der Waals surface area contributed by atoms with E-state index in [1.807, 2.05) is 54.6 Å². The first kappa shape index (κ1) is 18.6. The van der Waals surface area contributed by atoms with Gasteiger partial charge in [0.15, 0.2) is 5.65 Å². The van der Waals surface area contributed by atoms with E-state index in [-0.39, 0.29) is 19.1 Å². The maximum Gasteiger partial charge on any atom is 0.256 e. The Morgan fingerprint density at radius 2 is 1.79 bits per heavy atom. The fourth-order valence-electron chi connectivity index (χ4n) is 2.95. The Morgan fingerprint density at radius 3 is 2.55 bits per heavy atom. The molecule has 0 bridgehead atoms. The zero-order chi connectivity index (χ0) is 20.1. The third kappa shape index (κ3) is 4.25. The number of aliphatic hydroxyl groups is 1. The van der Waals surface area contributed by atoms with Gasteiger partial charge in [-0.3, -0.25) is 4.79 Å². The molecule has 0 radical (unpaired) electrons. The van der Waals surface area contributed by atoms with Gasteiger partial charge in [0, 0.05) is 18.3 Å². The smallest absolute Gasteiger partial charge is 0.256 e. The summed E-state index contributed by atoms with van der Waals surface area (Å²) in [5, 5.41) is 17.1. The molecule has 0 aliphatic carbocycles. The van der Waals surface area contributed by atoms with Crippen LogP contribution < -0.4 is 10.1 Å². The first-order valence-electron chi connectivity index (χ1n) is 9.24. The van der Waals surface area contributed by atoms with E-state index in [1.54, 1.807) is 22.8 Å². The molecule has 4 rings (SSSR count). The van der Waals surface area contributed by atoms with Gasteiger partial charge in [0.2, 0.25) is 0 Å². The molecule has 7 heteroatoms. The van der Waals surface area contributed by atoms with Crippen LogP contribution in [0.5, 0.6) is 5.75 Å². The molecule has 2 aromatic carbocycles. The number of amides is 1. The lowest BCUT2D eigenvalue weighted by molar-refractivity contribution is 0.0845. The normalized spacial score (nSPS) is 11.9. The second-order valence-corrected chi connectivity index (χ2v) is 6.48. The standard InChI is InChI=1S/C22H20N4O3/c27-17(15-29-18-9-5-2-6-10-18)13-24-22(28)19-14-25-26-20(11-12-23-21(19)26)16-7-3-1-4-8-16/h1-12,14,17,27H,13,15H2,(H,24,28)/t17-/m0/s1. The number of benzene rings is 2. The highest BCUT2D eigenvalue weighted by atomic mass is 16.5. The summed E-state index contributed by atoms with van der Waals surface area (Å²) in [7, 11) is 0. The van der Waals surface area contributed by atoms with Crippen LogP contribution in [0.25, 0.3) is 16.9 Å². The van der Waals surface area contributed by atoms with Crippen molar-refractivity contribution in [2.45, 2.75) is 6.10 Å². The van der Waals surface area contributed by atoms with Gasteiger partial charge in [0.25, 0.3) is 5.91 Å². The molecule has 2 N–H and O–H groups in total. The predicted octanol–water partition coefficient (Wildman–Crippen LogP) is 2.57. The van der Waals surface area contributed by atoms with Gasteiger partial charge in [0.05, 0.1) is 11.9 Å². The Hall–Kier alpha value is -3.71. The predicted molar refractivity (Wildman–Crippen MR) is 109 cm³/mol. The minimum absolute atomic E-state index is 0.0569. The molecular formula is C22H20N4O3. The third-order valence-corrected chi connectivity index (χ3v) is 4.40. The van der Waals surface area contributed by atoms with Crippen LogP contribution in [0.15, 0.2) is 79.1 Å². The van der Waals surface area contributed by atoms with Crippen LogP contribution in [0.3, 0.4) is 0 Å². The summed E-state index contributed by atoms with van der Waals surface area (Å²) in [5.74, 6) is 0.314. The molecule has 7 nitrogen and oxygen atoms in total. The molecule has 29 heavy (non-hydrogen) atoms. The molecule has 4 aromatic rings. The van der Waals surface area contributed by atoms with E-state index < -0.39 is 6.10 Å². The van der Waals surface area contributed by atoms with E-state index in [0.29, 0.717) is 17.0 Å². The molecule has 0 saturated carbocycles. The molecule has 0 spiro atoms. The minimum Gasteiger partial charge on any atom is -0.491 e. The number of para-hydroxylation sites is 1. The number of carbonyl (C=O) groups is 1. The molecule has 0 aliphatic rings. The van der Waals surface area contributed by atoms with E-state index in [9.17, 15) is 9.90 Å². The summed E-state index contributed by atoms with van der Waals surface area (Å²) in [5.41, 5.74) is 2.62. The van der Waals surface area contributed by atoms with Gasteiger partial charge in [-0.2, -0.15) is 5.10 Å². The van der Waals surface area contributed by atoms with Crippen LogP contribution in [0.1, 0.15) is 10.4 Å². The Kier molecular flexibility index (Phi) is 5.49. The summed E-state index contributed by atoms with van der Waals surface area (Å²) in [6.07, 6.45) is 2.30. The van der Waals surface area contributed by atoms with Crippen molar-refractivity contribution >= 4 is 11.6 Å². The van der Waals surface area contributed by atoms with Crippen molar-refractivity contribution in [3.8, 4) is 17.0 Å². The van der Waals surface area contributed by atoms with Crippen LogP contribution in [0.4, 0.5) is 0 Å². The van der Waals surface area contributed by atoms with Gasteiger partial charge in [0.1, 0.15) is 24.0 Å². The zero-order valence-electron chi connectivity index (χ0n) is 15.6. The fraction of sp³-hybridized carbons (Fsp3) is 0.136. The SMILES string of the molecule is O=C(NC[C@H](O)COc1ccccc1)c1cnn2c(-c3ccccc3)ccnc12. The van der Waals surface area contributed by atoms with Crippen LogP contribution in [0, 0.1) is 0 Å². The number of nitrogens with zero attached hydrogens (tertiary/aromatic N) is 3. The highest BCUT2D eigenvalue weighted by Gasteiger charge is 2.17. The van der Waals surface area contributed by atoms with Crippen molar-refractivity contribution in [3.05, 3.63) is 84.7 Å². The van der Waals surface area contributed by atoms with Crippen molar-refractivity contribution in [2.75, 3.05) is 13.2 Å². The van der Waals surface area contributed by atoms with E-state index in [4.69, 9.17) is 4.74 Å². The maximum atomic E-state index is 12.6. The van der Waals surface area contributed by atoms with Crippen LogP contribution in [-0.4, -0.2) is 44.9 Å². The summed E-state index contributed by atoms with van der Waals surface area (Å²) in [6.45, 7) is 0.136. The highest BCUT2D eigenvalue weighted by molar-refractivity contribution is 5.99. The lowest BCUT2D eigenvalue weighted by atomic mass is 10.1. The number of nitrogens with one attached hydrogen (secondary N) is 1. The summed E-state index contributed by atoms with van der Waals surface area (Å²) < 4.78 is 7.13. The van der Waals surface area contributed by atoms with Crippen molar-refractivity contribution in [2.24, 2.45) is 0 Å². The van der Waals surface area contributed by atoms with E-state index in [2.05, 4.69) is 15.4 Å². The molecule has 2 heterocycles. The van der Waals surface area contributed by atoms with Gasteiger partial charge in [-0.15, -0.1) is 0 Å². The monoisotopic (exact) mass is 388 g/mol. The molecule has 0 fully saturated rings. The Balaban J connectivity index is 1.42. The van der Waals surface area contributed by atoms with Gasteiger partial charge in [-0.25, -0.2) is 9.50 Å². The van der Waals surface area contributed by atoms with E-state index in [1.165, 1.54) is 6.20 Å². The number of ether oxygens (including phenoxy) is 1. The second-order valence-electron chi connectivity index (χ2n) is 6.48. The minimum atomic E-state index is -0.839. The number of aliphatic hydroxyl groups excluding tert-OH is 1. The average molecular weight is 388 g/mol.